The molecule has 30 heavy (non-hydrogen) atoms. The van der Waals surface area contributed by atoms with Crippen LogP contribution in [0.15, 0.2) is 76.4 Å². The van der Waals surface area contributed by atoms with Crippen molar-refractivity contribution >= 4 is 85.2 Å². The van der Waals surface area contributed by atoms with Gasteiger partial charge < -0.3 is 0 Å². The minimum atomic E-state index is -4.50. The largest absolute Gasteiger partial charge is 0.295 e. The molecule has 0 heterocycles. The highest BCUT2D eigenvalue weighted by atomic mass is 79.9. The molecule has 0 bridgehead atoms. The first-order chi connectivity index (χ1) is 13.9. The zero-order valence-corrected chi connectivity index (χ0v) is 22.8. The highest BCUT2D eigenvalue weighted by Gasteiger charge is 2.28. The maximum absolute atomic E-state index is 12.4. The molecule has 2 aromatic carbocycles. The van der Waals surface area contributed by atoms with Crippen LogP contribution in [0.3, 0.4) is 0 Å². The molecule has 0 saturated carbocycles. The van der Waals surface area contributed by atoms with Crippen molar-refractivity contribution < 1.29 is 17.8 Å². The molecular formula is C21H14Br4O4S. The van der Waals surface area contributed by atoms with E-state index in [9.17, 15) is 17.8 Å². The molecule has 156 valence electrons. The first-order valence-electron chi connectivity index (χ1n) is 8.49. The summed E-state index contributed by atoms with van der Waals surface area (Å²) in [5.74, 6) is -0.203. The number of carbonyl (C=O) groups excluding carboxylic acids is 1. The average molecular weight is 682 g/mol. The molecule has 0 atom stereocenters. The van der Waals surface area contributed by atoms with Gasteiger partial charge in [0.05, 0.1) is 8.96 Å². The van der Waals surface area contributed by atoms with Crippen LogP contribution in [0.25, 0.3) is 5.57 Å². The van der Waals surface area contributed by atoms with E-state index in [1.54, 1.807) is 31.2 Å². The van der Waals surface area contributed by atoms with Gasteiger partial charge in [0.15, 0.2) is 0 Å². The lowest BCUT2D eigenvalue weighted by atomic mass is 9.85. The number of rotatable bonds is 3. The fourth-order valence-electron chi connectivity index (χ4n) is 3.19. The summed E-state index contributed by atoms with van der Waals surface area (Å²) in [5, 5.41) is 0. The Bertz CT molecular complexity index is 1290. The highest BCUT2D eigenvalue weighted by Crippen LogP contribution is 2.43. The van der Waals surface area contributed by atoms with Crippen LogP contribution in [0.1, 0.15) is 23.6 Å². The average Bonchev–Trinajstić information content (AvgIpc) is 2.67. The van der Waals surface area contributed by atoms with Crippen LogP contribution in [0, 0.1) is 6.92 Å². The molecule has 9 heteroatoms. The van der Waals surface area contributed by atoms with Crippen LogP contribution in [-0.2, 0) is 14.9 Å². The molecule has 2 aromatic rings. The van der Waals surface area contributed by atoms with Crippen molar-refractivity contribution in [1.82, 2.24) is 0 Å². The number of hydrogen-bond donors (Lipinski definition) is 1. The van der Waals surface area contributed by atoms with Crippen molar-refractivity contribution in [3.63, 3.8) is 0 Å². The Morgan fingerprint density at radius 3 is 2.23 bits per heavy atom. The van der Waals surface area contributed by atoms with Crippen LogP contribution < -0.4 is 0 Å². The molecule has 1 aliphatic rings. The summed E-state index contributed by atoms with van der Waals surface area (Å²) in [5.41, 5.74) is 3.82. The van der Waals surface area contributed by atoms with Crippen LogP contribution in [0.4, 0.5) is 0 Å². The van der Waals surface area contributed by atoms with E-state index in [-0.39, 0.29) is 10.7 Å². The lowest BCUT2D eigenvalue weighted by Crippen LogP contribution is -2.11. The molecule has 3 rings (SSSR count). The lowest BCUT2D eigenvalue weighted by Gasteiger charge is -2.22. The predicted molar refractivity (Wildman–Crippen MR) is 133 cm³/mol. The van der Waals surface area contributed by atoms with E-state index in [4.69, 9.17) is 0 Å². The SMILES string of the molecule is CC1=C(Br)C(=O)C(Br)=CC1=C(c1ccccc1S(=O)(=O)O)c1cc(Br)cc(Br)c1C. The fourth-order valence-corrected chi connectivity index (χ4v) is 6.24. The van der Waals surface area contributed by atoms with Gasteiger partial charge in [-0.15, -0.1) is 0 Å². The summed E-state index contributed by atoms with van der Waals surface area (Å²) in [7, 11) is -4.50. The van der Waals surface area contributed by atoms with E-state index in [0.717, 1.165) is 20.1 Å². The number of ketones is 1. The van der Waals surface area contributed by atoms with Crippen LogP contribution in [0.5, 0.6) is 0 Å². The van der Waals surface area contributed by atoms with Gasteiger partial charge in [0.1, 0.15) is 4.90 Å². The maximum Gasteiger partial charge on any atom is 0.295 e. The number of halogens is 4. The third-order valence-electron chi connectivity index (χ3n) is 4.70. The van der Waals surface area contributed by atoms with Gasteiger partial charge in [0.25, 0.3) is 10.1 Å². The zero-order valence-electron chi connectivity index (χ0n) is 15.6. The summed E-state index contributed by atoms with van der Waals surface area (Å²) < 4.78 is 36.5. The molecule has 1 N–H and O–H groups in total. The number of allylic oxidation sites excluding steroid dienone is 5. The Hall–Kier alpha value is -0.840. The van der Waals surface area contributed by atoms with E-state index in [2.05, 4.69) is 63.7 Å². The second-order valence-corrected chi connectivity index (χ2v) is 11.4. The minimum Gasteiger partial charge on any atom is -0.287 e. The molecule has 1 aliphatic carbocycles. The first-order valence-corrected chi connectivity index (χ1v) is 13.1. The first kappa shape index (κ1) is 23.8. The molecule has 0 unspecified atom stereocenters. The van der Waals surface area contributed by atoms with Gasteiger partial charge in [-0.25, -0.2) is 0 Å². The topological polar surface area (TPSA) is 71.4 Å². The Balaban J connectivity index is 2.57. The van der Waals surface area contributed by atoms with Crippen molar-refractivity contribution in [2.45, 2.75) is 18.7 Å². The number of benzene rings is 2. The van der Waals surface area contributed by atoms with E-state index in [1.807, 2.05) is 19.1 Å². The minimum absolute atomic E-state index is 0.203. The summed E-state index contributed by atoms with van der Waals surface area (Å²) >= 11 is 13.7. The van der Waals surface area contributed by atoms with Crippen molar-refractivity contribution in [3.05, 3.63) is 88.2 Å². The predicted octanol–water partition coefficient (Wildman–Crippen LogP) is 7.10. The quantitative estimate of drug-likeness (QED) is 0.351. The Kier molecular flexibility index (Phi) is 7.11. The molecule has 0 amide bonds. The second-order valence-electron chi connectivity index (χ2n) is 6.58. The molecule has 0 aromatic heterocycles. The van der Waals surface area contributed by atoms with Crippen molar-refractivity contribution in [3.8, 4) is 0 Å². The summed E-state index contributed by atoms with van der Waals surface area (Å²) in [6, 6.07) is 10.0. The third kappa shape index (κ3) is 4.52. The molecule has 0 saturated heterocycles. The Morgan fingerprint density at radius 1 is 0.967 bits per heavy atom. The Morgan fingerprint density at radius 2 is 1.60 bits per heavy atom. The molecule has 0 radical (unpaired) electrons. The standard InChI is InChI=1S/C21H14Br4O4S/c1-10-14(7-12(22)8-16(10)23)19(13-5-3-4-6-18(13)30(27,28)29)15-9-17(24)21(26)20(25)11(15)2/h3-9H,1-2H3,(H,27,28,29). The molecule has 0 aliphatic heterocycles. The van der Waals surface area contributed by atoms with E-state index >= 15 is 0 Å². The van der Waals surface area contributed by atoms with E-state index in [0.29, 0.717) is 31.2 Å². The van der Waals surface area contributed by atoms with Crippen molar-refractivity contribution in [2.24, 2.45) is 0 Å². The van der Waals surface area contributed by atoms with Gasteiger partial charge in [-0.2, -0.15) is 8.42 Å². The molecule has 0 fully saturated rings. The number of hydrogen-bond acceptors (Lipinski definition) is 3. The van der Waals surface area contributed by atoms with Gasteiger partial charge in [0, 0.05) is 14.5 Å². The van der Waals surface area contributed by atoms with Gasteiger partial charge in [0.2, 0.25) is 5.78 Å². The monoisotopic (exact) mass is 678 g/mol. The van der Waals surface area contributed by atoms with Gasteiger partial charge in [-0.3, -0.25) is 9.35 Å². The molecular weight excluding hydrogens is 668 g/mol. The van der Waals surface area contributed by atoms with E-state index in [1.165, 1.54) is 6.07 Å². The number of Topliss-reactive ketones (excluding diaryl/α,β-unsaturated/α-hetero) is 1. The summed E-state index contributed by atoms with van der Waals surface area (Å²) in [6.07, 6.45) is 1.67. The lowest BCUT2D eigenvalue weighted by molar-refractivity contribution is -0.111. The van der Waals surface area contributed by atoms with Crippen LogP contribution in [0.2, 0.25) is 0 Å². The van der Waals surface area contributed by atoms with Gasteiger partial charge in [-0.1, -0.05) is 50.1 Å². The zero-order chi connectivity index (χ0) is 22.4. The fraction of sp³-hybridized carbons (Fsp3) is 0.0952. The van der Waals surface area contributed by atoms with E-state index < -0.39 is 10.1 Å². The Labute approximate surface area is 208 Å². The summed E-state index contributed by atoms with van der Waals surface area (Å²) in [4.78, 5) is 12.2. The van der Waals surface area contributed by atoms with Crippen molar-refractivity contribution in [2.75, 3.05) is 0 Å². The van der Waals surface area contributed by atoms with Crippen LogP contribution in [-0.4, -0.2) is 18.8 Å². The third-order valence-corrected chi connectivity index (χ3v) is 8.44. The maximum atomic E-state index is 12.4. The molecule has 0 spiro atoms. The van der Waals surface area contributed by atoms with Crippen molar-refractivity contribution in [1.29, 1.82) is 0 Å². The molecule has 4 nitrogen and oxygen atoms in total. The second kappa shape index (κ2) is 8.96. The smallest absolute Gasteiger partial charge is 0.287 e. The van der Waals surface area contributed by atoms with Gasteiger partial charge in [-0.05, 0) is 97.8 Å². The highest BCUT2D eigenvalue weighted by molar-refractivity contribution is 9.13. The van der Waals surface area contributed by atoms with Crippen LogP contribution >= 0.6 is 63.7 Å². The normalized spacial score (nSPS) is 16.6. The van der Waals surface area contributed by atoms with Gasteiger partial charge >= 0.3 is 0 Å². The summed E-state index contributed by atoms with van der Waals surface area (Å²) in [6.45, 7) is 3.69. The number of carbonyl (C=O) groups is 1.